The molecule has 162 valence electrons. The average Bonchev–Trinajstić information content (AvgIpc) is 2.80. The minimum absolute atomic E-state index is 0.267. The van der Waals surface area contributed by atoms with E-state index < -0.39 is 18.3 Å². The van der Waals surface area contributed by atoms with E-state index in [1.807, 2.05) is 97.9 Å². The average molecular weight is 437 g/mol. The summed E-state index contributed by atoms with van der Waals surface area (Å²) in [7, 11) is 0. The van der Waals surface area contributed by atoms with Crippen molar-refractivity contribution < 1.29 is 19.3 Å². The zero-order valence-corrected chi connectivity index (χ0v) is 18.4. The van der Waals surface area contributed by atoms with Gasteiger partial charge in [0.15, 0.2) is 0 Å². The van der Waals surface area contributed by atoms with Gasteiger partial charge in [0, 0.05) is 4.90 Å². The van der Waals surface area contributed by atoms with Gasteiger partial charge in [-0.3, -0.25) is 0 Å². The summed E-state index contributed by atoms with van der Waals surface area (Å²) in [6, 6.07) is 30.0. The maximum Gasteiger partial charge on any atom is 0.136 e. The second-order valence-corrected chi connectivity index (χ2v) is 8.83. The van der Waals surface area contributed by atoms with Gasteiger partial charge in [0.25, 0.3) is 0 Å². The fourth-order valence-corrected chi connectivity index (χ4v) is 4.85. The summed E-state index contributed by atoms with van der Waals surface area (Å²) < 4.78 is 18.6. The van der Waals surface area contributed by atoms with Gasteiger partial charge in [-0.1, -0.05) is 90.6 Å². The molecule has 4 rings (SSSR count). The van der Waals surface area contributed by atoms with Crippen LogP contribution in [0.2, 0.25) is 0 Å². The molecule has 31 heavy (non-hydrogen) atoms. The molecule has 1 saturated heterocycles. The Morgan fingerprint density at radius 1 is 0.742 bits per heavy atom. The molecule has 0 amide bonds. The Morgan fingerprint density at radius 3 is 1.77 bits per heavy atom. The lowest BCUT2D eigenvalue weighted by atomic mass is 10.00. The number of hydrogen-bond donors (Lipinski definition) is 1. The smallest absolute Gasteiger partial charge is 0.136 e. The second kappa shape index (κ2) is 10.9. The standard InChI is InChI=1S/C26H28O4S/c1-19-24(28-17-20-11-5-2-6-12-20)23(27)25(29-18-21-13-7-3-8-14-21)26(30-19)31-22-15-9-4-10-16-22/h2-16,19,23-27H,17-18H2,1H3. The summed E-state index contributed by atoms with van der Waals surface area (Å²) in [5.41, 5.74) is 1.77. The normalized spacial score (nSPS) is 25.9. The van der Waals surface area contributed by atoms with Crippen LogP contribution >= 0.6 is 11.8 Å². The van der Waals surface area contributed by atoms with Crippen LogP contribution in [0.5, 0.6) is 0 Å². The monoisotopic (exact) mass is 436 g/mol. The molecule has 0 bridgehead atoms. The molecule has 0 saturated carbocycles. The fraction of sp³-hybridized carbons (Fsp3) is 0.308. The highest BCUT2D eigenvalue weighted by Gasteiger charge is 2.45. The molecule has 1 N–H and O–H groups in total. The second-order valence-electron chi connectivity index (χ2n) is 7.65. The number of ether oxygens (including phenoxy) is 3. The Kier molecular flexibility index (Phi) is 7.78. The van der Waals surface area contributed by atoms with Crippen LogP contribution < -0.4 is 0 Å². The first kappa shape index (κ1) is 22.1. The molecule has 0 radical (unpaired) electrons. The number of aliphatic hydroxyl groups excluding tert-OH is 1. The van der Waals surface area contributed by atoms with E-state index in [1.165, 1.54) is 0 Å². The van der Waals surface area contributed by atoms with E-state index in [0.717, 1.165) is 16.0 Å². The first-order chi connectivity index (χ1) is 15.2. The van der Waals surface area contributed by atoms with E-state index in [0.29, 0.717) is 13.2 Å². The molecule has 3 aromatic rings. The predicted molar refractivity (Wildman–Crippen MR) is 123 cm³/mol. The highest BCUT2D eigenvalue weighted by Crippen LogP contribution is 2.36. The van der Waals surface area contributed by atoms with Crippen molar-refractivity contribution in [1.29, 1.82) is 0 Å². The van der Waals surface area contributed by atoms with Crippen molar-refractivity contribution >= 4 is 11.8 Å². The predicted octanol–water partition coefficient (Wildman–Crippen LogP) is 5.06. The largest absolute Gasteiger partial charge is 0.387 e. The molecule has 0 aromatic heterocycles. The zero-order valence-electron chi connectivity index (χ0n) is 17.5. The lowest BCUT2D eigenvalue weighted by Gasteiger charge is -2.43. The number of hydrogen-bond acceptors (Lipinski definition) is 5. The summed E-state index contributed by atoms with van der Waals surface area (Å²) in [5.74, 6) is 0. The maximum absolute atomic E-state index is 11.3. The third-order valence-corrected chi connectivity index (χ3v) is 6.47. The van der Waals surface area contributed by atoms with Crippen molar-refractivity contribution in [2.45, 2.75) is 54.9 Å². The van der Waals surface area contributed by atoms with Crippen molar-refractivity contribution in [3.8, 4) is 0 Å². The van der Waals surface area contributed by atoms with Gasteiger partial charge in [-0.25, -0.2) is 0 Å². The molecule has 1 fully saturated rings. The van der Waals surface area contributed by atoms with Crippen LogP contribution in [0.3, 0.4) is 0 Å². The molecule has 3 aromatic carbocycles. The van der Waals surface area contributed by atoms with Crippen LogP contribution in [0.25, 0.3) is 0 Å². The van der Waals surface area contributed by atoms with Crippen LogP contribution in [0.1, 0.15) is 18.1 Å². The van der Waals surface area contributed by atoms with E-state index in [-0.39, 0.29) is 11.5 Å². The van der Waals surface area contributed by atoms with Gasteiger partial charge in [0.05, 0.1) is 19.3 Å². The lowest BCUT2D eigenvalue weighted by Crippen LogP contribution is -2.57. The third-order valence-electron chi connectivity index (χ3n) is 5.32. The number of thioether (sulfide) groups is 1. The molecule has 5 unspecified atom stereocenters. The van der Waals surface area contributed by atoms with E-state index in [1.54, 1.807) is 11.8 Å². The van der Waals surface area contributed by atoms with Gasteiger partial charge in [-0.2, -0.15) is 0 Å². The molecule has 1 aliphatic heterocycles. The van der Waals surface area contributed by atoms with Gasteiger partial charge in [-0.05, 0) is 30.2 Å². The Hall–Kier alpha value is -2.15. The molecular weight excluding hydrogens is 408 g/mol. The summed E-state index contributed by atoms with van der Waals surface area (Å²) in [5, 5.41) is 11.3. The quantitative estimate of drug-likeness (QED) is 0.535. The number of aliphatic hydroxyl groups is 1. The van der Waals surface area contributed by atoms with Crippen LogP contribution in [0.4, 0.5) is 0 Å². The van der Waals surface area contributed by atoms with Crippen molar-refractivity contribution in [3.05, 3.63) is 102 Å². The van der Waals surface area contributed by atoms with Crippen molar-refractivity contribution in [2.24, 2.45) is 0 Å². The summed E-state index contributed by atoms with van der Waals surface area (Å²) in [4.78, 5) is 1.07. The fourth-order valence-electron chi connectivity index (χ4n) is 3.66. The summed E-state index contributed by atoms with van der Waals surface area (Å²) in [6.07, 6.45) is -2.08. The minimum atomic E-state index is -0.808. The van der Waals surface area contributed by atoms with Crippen LogP contribution in [0.15, 0.2) is 95.9 Å². The Labute approximate surface area is 188 Å². The summed E-state index contributed by atoms with van der Waals surface area (Å²) in [6.45, 7) is 2.76. The number of rotatable bonds is 8. The van der Waals surface area contributed by atoms with E-state index in [4.69, 9.17) is 14.2 Å². The van der Waals surface area contributed by atoms with Crippen LogP contribution in [0, 0.1) is 0 Å². The molecule has 1 heterocycles. The summed E-state index contributed by atoms with van der Waals surface area (Å²) >= 11 is 1.57. The van der Waals surface area contributed by atoms with Gasteiger partial charge in [0.1, 0.15) is 23.7 Å². The number of benzene rings is 3. The first-order valence-corrected chi connectivity index (χ1v) is 11.4. The van der Waals surface area contributed by atoms with Crippen molar-refractivity contribution in [3.63, 3.8) is 0 Å². The lowest BCUT2D eigenvalue weighted by molar-refractivity contribution is -0.226. The highest BCUT2D eigenvalue weighted by molar-refractivity contribution is 7.99. The molecule has 1 aliphatic rings. The van der Waals surface area contributed by atoms with Crippen molar-refractivity contribution in [2.75, 3.05) is 0 Å². The zero-order chi connectivity index (χ0) is 21.5. The Morgan fingerprint density at radius 2 is 1.23 bits per heavy atom. The third kappa shape index (κ3) is 5.97. The van der Waals surface area contributed by atoms with E-state index >= 15 is 0 Å². The first-order valence-electron chi connectivity index (χ1n) is 10.6. The highest BCUT2D eigenvalue weighted by atomic mass is 32.2. The van der Waals surface area contributed by atoms with Crippen LogP contribution in [-0.2, 0) is 27.4 Å². The molecular formula is C26H28O4S. The van der Waals surface area contributed by atoms with Gasteiger partial charge >= 0.3 is 0 Å². The SMILES string of the molecule is CC1OC(Sc2ccccc2)C(OCc2ccccc2)C(O)C1OCc1ccccc1. The van der Waals surface area contributed by atoms with Gasteiger partial charge in [-0.15, -0.1) is 0 Å². The van der Waals surface area contributed by atoms with Crippen molar-refractivity contribution in [1.82, 2.24) is 0 Å². The van der Waals surface area contributed by atoms with Gasteiger partial charge in [0.2, 0.25) is 0 Å². The molecule has 5 atom stereocenters. The van der Waals surface area contributed by atoms with E-state index in [2.05, 4.69) is 0 Å². The van der Waals surface area contributed by atoms with Crippen LogP contribution in [-0.4, -0.2) is 35.0 Å². The Bertz CT molecular complexity index is 906. The minimum Gasteiger partial charge on any atom is -0.387 e. The molecule has 0 spiro atoms. The topological polar surface area (TPSA) is 47.9 Å². The van der Waals surface area contributed by atoms with Gasteiger partial charge < -0.3 is 19.3 Å². The Balaban J connectivity index is 1.48. The molecule has 0 aliphatic carbocycles. The molecule has 4 nitrogen and oxygen atoms in total. The maximum atomic E-state index is 11.3. The molecule has 5 heteroatoms. The van der Waals surface area contributed by atoms with E-state index in [9.17, 15) is 5.11 Å².